The number of rotatable bonds is 60. The van der Waals surface area contributed by atoms with Gasteiger partial charge in [0.15, 0.2) is 0 Å². The summed E-state index contributed by atoms with van der Waals surface area (Å²) in [5.74, 6) is -5.05. The lowest BCUT2D eigenvalue weighted by Crippen LogP contribution is -2.41. The van der Waals surface area contributed by atoms with Crippen LogP contribution in [0.3, 0.4) is 0 Å². The number of esters is 8. The fraction of sp³-hybridized carbons (Fsp3) is 0.471. The molecule has 0 saturated heterocycles. The van der Waals surface area contributed by atoms with Gasteiger partial charge in [0.05, 0.1) is 119 Å². The minimum absolute atomic E-state index is 0.0442. The summed E-state index contributed by atoms with van der Waals surface area (Å²) in [5.41, 5.74) is 8.68. The maximum atomic E-state index is 14.4. The Labute approximate surface area is 808 Å². The Morgan fingerprint density at radius 3 is 0.696 bits per heavy atom. The molecule has 0 saturated carbocycles. The lowest BCUT2D eigenvalue weighted by atomic mass is 9.86. The van der Waals surface area contributed by atoms with E-state index in [9.17, 15) is 67.1 Å². The summed E-state index contributed by atoms with van der Waals surface area (Å²) >= 11 is 3.54. The molecule has 2 atom stereocenters. The summed E-state index contributed by atoms with van der Waals surface area (Å²) in [6, 6.07) is 29.9. The van der Waals surface area contributed by atoms with Crippen LogP contribution >= 0.6 is 23.5 Å². The Kier molecular flexibility index (Phi) is 35.3. The predicted octanol–water partition coefficient (Wildman–Crippen LogP) is 8.39. The zero-order valence-corrected chi connectivity index (χ0v) is 81.2. The average Bonchev–Trinajstić information content (AvgIpc) is 1.46. The van der Waals surface area contributed by atoms with Gasteiger partial charge in [0.25, 0.3) is 11.8 Å². The minimum atomic E-state index is -0.415. The summed E-state index contributed by atoms with van der Waals surface area (Å²) < 4.78 is 38.7. The molecule has 11 aromatic rings. The maximum absolute atomic E-state index is 14.4. The fourth-order valence-electron chi connectivity index (χ4n) is 19.6. The van der Waals surface area contributed by atoms with Gasteiger partial charge < -0.3 is 99.2 Å². The second-order valence-electron chi connectivity index (χ2n) is 35.1. The van der Waals surface area contributed by atoms with E-state index >= 15 is 0 Å². The molecule has 0 heterocycles. The van der Waals surface area contributed by atoms with Crippen LogP contribution in [0.5, 0.6) is 0 Å². The first kappa shape index (κ1) is 102. The first-order valence-electron chi connectivity index (χ1n) is 47.1. The van der Waals surface area contributed by atoms with E-state index in [1.54, 1.807) is 23.5 Å². The van der Waals surface area contributed by atoms with E-state index in [0.717, 1.165) is 22.6 Å². The average molecular weight is 1930 g/mol. The fourth-order valence-corrected chi connectivity index (χ4v) is 22.3. The molecule has 138 heavy (non-hydrogen) atoms. The molecule has 0 aliphatic heterocycles. The monoisotopic (exact) mass is 1930 g/mol. The number of nitrogens with one attached hydrogen (secondary N) is 6. The van der Waals surface area contributed by atoms with E-state index in [2.05, 4.69) is 68.3 Å². The Hall–Kier alpha value is -12.2. The molecule has 36 heteroatoms. The van der Waals surface area contributed by atoms with E-state index < -0.39 is 47.8 Å². The van der Waals surface area contributed by atoms with Crippen molar-refractivity contribution < 1.29 is 105 Å². The van der Waals surface area contributed by atoms with Crippen LogP contribution < -0.4 is 31.9 Å². The number of nitrogens with zero attached hydrogens (tertiary/aromatic N) is 6. The predicted molar refractivity (Wildman–Crippen MR) is 525 cm³/mol. The topological polar surface area (TPSA) is 404 Å². The van der Waals surface area contributed by atoms with E-state index in [-0.39, 0.29) is 202 Å². The quantitative estimate of drug-likeness (QED) is 0.0118. The Morgan fingerprint density at radius 1 is 0.246 bits per heavy atom. The molecule has 2 unspecified atom stereocenters. The maximum Gasteiger partial charge on any atom is 0.306 e. The first-order chi connectivity index (χ1) is 66.8. The Morgan fingerprint density at radius 2 is 0.457 bits per heavy atom. The van der Waals surface area contributed by atoms with Crippen molar-refractivity contribution in [3.63, 3.8) is 0 Å². The Balaban J connectivity index is 0.680. The van der Waals surface area contributed by atoms with Crippen molar-refractivity contribution in [1.29, 1.82) is 0 Å². The molecular formula is C102H122N12O22S2. The minimum Gasteiger partial charge on any atom is -0.469 e. The normalized spacial score (nSPS) is 13.6. The summed E-state index contributed by atoms with van der Waals surface area (Å²) in [6.45, 7) is 6.33. The van der Waals surface area contributed by atoms with Crippen LogP contribution in [0.1, 0.15) is 142 Å². The van der Waals surface area contributed by atoms with Crippen LogP contribution in [-0.2, 0) is 108 Å². The largest absolute Gasteiger partial charge is 0.469 e. The lowest BCUT2D eigenvalue weighted by Gasteiger charge is -2.33. The standard InChI is InChI=1S/C102H122N12O22S2/c1-129-77(119)23-41-111(42-24-78(120)130-2)49-31-103-73(115)19-37-109(38-20-74(116)104-32-50-112(43-25-79(121)131-3)44-26-80(122)132-4)53-35-107-101(127)61-11-15-69(16-12-61)137-99-71-59-67-57-65-55-63-9-10-64-56-66-58-68-60-72(92-91(71)95-89(67)87(65)93-85(63)86(64)94-88(66)90(68)96(92)98(95)97(93)94)100(99)138-70-17-13-62(14-18-70)102(128)108-36-54-110(39-21-75(117)105-33-51-113(45-27-81(123)133-5)46-28-82(124)134-6)40-22-76(118)106-34-52-114(47-29-83(125)135-7)48-30-84(126)136-8/h9-18,55-56,59-60,99-100H,19-54,57-58H2,1-8H3,(H,103,115)(H,104,116)(H,105,117)(H,106,118)(H,107,127)(H,108,128). The first-order valence-corrected chi connectivity index (χ1v) is 48.9. The number of hydrogen-bond acceptors (Lipinski definition) is 30. The highest BCUT2D eigenvalue weighted by Gasteiger charge is 2.43. The summed E-state index contributed by atoms with van der Waals surface area (Å²) in [4.78, 5) is 193. The van der Waals surface area contributed by atoms with Crippen molar-refractivity contribution in [1.82, 2.24) is 61.3 Å². The number of amides is 6. The second kappa shape index (κ2) is 47.9. The van der Waals surface area contributed by atoms with Crippen molar-refractivity contribution in [3.05, 3.63) is 129 Å². The third-order valence-electron chi connectivity index (χ3n) is 26.8. The number of ether oxygens (including phenoxy) is 8. The third-order valence-corrected chi connectivity index (χ3v) is 29.6. The number of thioether (sulfide) groups is 2. The van der Waals surface area contributed by atoms with Gasteiger partial charge in [0, 0.05) is 204 Å². The van der Waals surface area contributed by atoms with E-state index in [1.165, 1.54) is 176 Å². The summed E-state index contributed by atoms with van der Waals surface area (Å²) in [5, 5.41) is 39.2. The van der Waals surface area contributed by atoms with Gasteiger partial charge in [-0.1, -0.05) is 36.4 Å². The van der Waals surface area contributed by atoms with Gasteiger partial charge in [-0.05, 0) is 181 Å². The highest BCUT2D eigenvalue weighted by atomic mass is 32.2. The molecule has 0 radical (unpaired) electrons. The molecular weight excluding hydrogens is 1810 g/mol. The van der Waals surface area contributed by atoms with Crippen molar-refractivity contribution in [2.75, 3.05) is 214 Å². The van der Waals surface area contributed by atoms with Gasteiger partial charge in [-0.25, -0.2) is 0 Å². The Bertz CT molecular complexity index is 5660. The molecule has 11 aromatic carbocycles. The molecule has 14 rings (SSSR count). The molecule has 6 N–H and O–H groups in total. The van der Waals surface area contributed by atoms with Crippen LogP contribution in [0.15, 0.2) is 94.7 Å². The number of methoxy groups -OCH3 is 8. The number of carbonyl (C=O) groups is 14. The highest BCUT2D eigenvalue weighted by Crippen LogP contribution is 2.68. The number of hydrogen-bond donors (Lipinski definition) is 6. The van der Waals surface area contributed by atoms with Crippen LogP contribution in [0.2, 0.25) is 0 Å². The molecule has 0 spiro atoms. The van der Waals surface area contributed by atoms with Crippen molar-refractivity contribution in [3.8, 4) is 0 Å². The molecule has 734 valence electrons. The number of carbonyl (C=O) groups excluding carboxylic acids is 14. The molecule has 0 aromatic heterocycles. The smallest absolute Gasteiger partial charge is 0.306 e. The number of benzene rings is 9. The van der Waals surface area contributed by atoms with E-state index in [0.29, 0.717) is 89.7 Å². The molecule has 3 aliphatic rings. The van der Waals surface area contributed by atoms with Gasteiger partial charge in [0.2, 0.25) is 23.6 Å². The lowest BCUT2D eigenvalue weighted by molar-refractivity contribution is -0.142. The molecule has 34 nitrogen and oxygen atoms in total. The van der Waals surface area contributed by atoms with Gasteiger partial charge in [-0.15, -0.1) is 23.5 Å². The van der Waals surface area contributed by atoms with Crippen molar-refractivity contribution in [2.45, 2.75) is 110 Å². The van der Waals surface area contributed by atoms with Gasteiger partial charge in [-0.2, -0.15) is 0 Å². The zero-order chi connectivity index (χ0) is 97.8. The molecule has 3 aliphatic carbocycles. The SMILES string of the molecule is COC(=O)CCN(CCNC(=O)CCN(CCNC(=O)c1ccc(SC2c3cc4c5c6c(cc7ccc8cc9c%10c%11c(cc(c%12c3c5c(c%12%11)c3c6c7c8c%103)C2Sc2ccc(C(=O)NCCN(CCC(=O)NCCN(CCC(=O)OC)CCC(=O)OC)CCC(=O)NCCN(CCC(=O)OC)CCC(=O)OC)cc2)C9)C4)cc1)CCC(=O)NCCN(CCC(=O)OC)CCC(=O)OC)CCC(=O)OC. The third kappa shape index (κ3) is 24.4. The van der Waals surface area contributed by atoms with Crippen molar-refractivity contribution in [2.24, 2.45) is 0 Å². The van der Waals surface area contributed by atoms with E-state index in [4.69, 9.17) is 37.9 Å². The zero-order valence-electron chi connectivity index (χ0n) is 79.6. The molecule has 0 fully saturated rings. The molecule has 0 bridgehead atoms. The van der Waals surface area contributed by atoms with Crippen LogP contribution in [-0.4, -0.2) is 327 Å². The summed E-state index contributed by atoms with van der Waals surface area (Å²) in [7, 11) is 10.4. The summed E-state index contributed by atoms with van der Waals surface area (Å²) in [6.07, 6.45) is 2.43. The van der Waals surface area contributed by atoms with Crippen molar-refractivity contribution >= 4 is 193 Å². The van der Waals surface area contributed by atoms with Crippen LogP contribution in [0.25, 0.3) is 86.2 Å². The van der Waals surface area contributed by atoms with Gasteiger partial charge in [0.1, 0.15) is 0 Å². The van der Waals surface area contributed by atoms with Gasteiger partial charge in [-0.3, -0.25) is 67.1 Å². The van der Waals surface area contributed by atoms with Gasteiger partial charge >= 0.3 is 47.8 Å². The highest BCUT2D eigenvalue weighted by molar-refractivity contribution is 8.03. The van der Waals surface area contributed by atoms with Crippen LogP contribution in [0.4, 0.5) is 0 Å². The molecule has 6 amide bonds. The second-order valence-corrected chi connectivity index (χ2v) is 37.6. The van der Waals surface area contributed by atoms with E-state index in [1.807, 2.05) is 77.9 Å². The van der Waals surface area contributed by atoms with Crippen LogP contribution in [0, 0.1) is 0 Å².